The minimum atomic E-state index is 0.0150. The molecule has 0 spiro atoms. The Bertz CT molecular complexity index is 231. The second-order valence-electron chi connectivity index (χ2n) is 5.21. The van der Waals surface area contributed by atoms with Gasteiger partial charge in [0.05, 0.1) is 18.6 Å². The Morgan fingerprint density at radius 1 is 1.56 bits per heavy atom. The molecule has 4 nitrogen and oxygen atoms in total. The summed E-state index contributed by atoms with van der Waals surface area (Å²) in [4.78, 5) is 11.7. The van der Waals surface area contributed by atoms with Gasteiger partial charge < -0.3 is 15.8 Å². The summed E-state index contributed by atoms with van der Waals surface area (Å²) in [5.74, 6) is 0.673. The van der Waals surface area contributed by atoms with Gasteiger partial charge >= 0.3 is 0 Å². The fourth-order valence-electron chi connectivity index (χ4n) is 2.06. The molecule has 1 saturated heterocycles. The van der Waals surface area contributed by atoms with Crippen molar-refractivity contribution in [3.63, 3.8) is 0 Å². The van der Waals surface area contributed by atoms with E-state index in [2.05, 4.69) is 19.2 Å². The minimum Gasteiger partial charge on any atom is -0.378 e. The normalized spacial score (nSPS) is 27.1. The molecule has 1 amide bonds. The quantitative estimate of drug-likeness (QED) is 0.735. The van der Waals surface area contributed by atoms with Crippen molar-refractivity contribution in [3.05, 3.63) is 0 Å². The fraction of sp³-hybridized carbons (Fsp3) is 0.917. The maximum absolute atomic E-state index is 11.7. The molecule has 3 unspecified atom stereocenters. The van der Waals surface area contributed by atoms with Crippen molar-refractivity contribution in [3.8, 4) is 0 Å². The molecule has 1 fully saturated rings. The van der Waals surface area contributed by atoms with E-state index >= 15 is 0 Å². The molecule has 0 saturated carbocycles. The highest BCUT2D eigenvalue weighted by atomic mass is 16.5. The lowest BCUT2D eigenvalue weighted by Gasteiger charge is -2.16. The van der Waals surface area contributed by atoms with Crippen LogP contribution in [-0.4, -0.2) is 31.2 Å². The Labute approximate surface area is 97.9 Å². The van der Waals surface area contributed by atoms with Crippen LogP contribution in [0.3, 0.4) is 0 Å². The highest BCUT2D eigenvalue weighted by Crippen LogP contribution is 2.18. The van der Waals surface area contributed by atoms with Crippen LogP contribution in [-0.2, 0) is 9.53 Å². The minimum absolute atomic E-state index is 0.0150. The number of nitrogens with two attached hydrogens (primary N) is 1. The van der Waals surface area contributed by atoms with E-state index in [1.165, 1.54) is 0 Å². The third-order valence-electron chi connectivity index (χ3n) is 2.88. The van der Waals surface area contributed by atoms with Crippen molar-refractivity contribution in [2.45, 2.75) is 45.8 Å². The summed E-state index contributed by atoms with van der Waals surface area (Å²) in [7, 11) is 0. The predicted molar refractivity (Wildman–Crippen MR) is 64.0 cm³/mol. The van der Waals surface area contributed by atoms with E-state index in [1.807, 2.05) is 6.92 Å². The summed E-state index contributed by atoms with van der Waals surface area (Å²) >= 11 is 0. The fourth-order valence-corrected chi connectivity index (χ4v) is 2.06. The van der Waals surface area contributed by atoms with Gasteiger partial charge in [-0.25, -0.2) is 0 Å². The smallest absolute Gasteiger partial charge is 0.225 e. The van der Waals surface area contributed by atoms with Gasteiger partial charge in [0, 0.05) is 12.6 Å². The molecule has 1 heterocycles. The highest BCUT2D eigenvalue weighted by Gasteiger charge is 2.28. The molecule has 0 aromatic rings. The standard InChI is InChI=1S/C12H24N2O2/c1-8(2)4-11(13)6-14-12(15)10-5-9(3)16-7-10/h8-11H,4-7,13H2,1-3H3,(H,14,15). The zero-order chi connectivity index (χ0) is 12.1. The third kappa shape index (κ3) is 4.49. The number of carbonyl (C=O) groups is 1. The second-order valence-corrected chi connectivity index (χ2v) is 5.21. The predicted octanol–water partition coefficient (Wildman–Crippen LogP) is 0.901. The monoisotopic (exact) mass is 228 g/mol. The summed E-state index contributed by atoms with van der Waals surface area (Å²) < 4.78 is 5.37. The first kappa shape index (κ1) is 13.5. The maximum Gasteiger partial charge on any atom is 0.225 e. The van der Waals surface area contributed by atoms with Crippen LogP contribution in [0.4, 0.5) is 0 Å². The summed E-state index contributed by atoms with van der Waals surface area (Å²) in [6, 6.07) is 0.0590. The van der Waals surface area contributed by atoms with Crippen LogP contribution in [0, 0.1) is 11.8 Å². The lowest BCUT2D eigenvalue weighted by molar-refractivity contribution is -0.125. The molecule has 0 aromatic carbocycles. The van der Waals surface area contributed by atoms with Crippen molar-refractivity contribution < 1.29 is 9.53 Å². The van der Waals surface area contributed by atoms with Gasteiger partial charge in [-0.05, 0) is 25.7 Å². The largest absolute Gasteiger partial charge is 0.378 e. The first-order valence-corrected chi connectivity index (χ1v) is 6.14. The number of nitrogens with one attached hydrogen (secondary N) is 1. The first-order chi connectivity index (χ1) is 7.49. The molecule has 4 heteroatoms. The Kier molecular flexibility index (Phi) is 5.22. The lowest BCUT2D eigenvalue weighted by atomic mass is 10.0. The summed E-state index contributed by atoms with van der Waals surface area (Å²) in [5.41, 5.74) is 5.90. The molecular formula is C12H24N2O2. The van der Waals surface area contributed by atoms with Gasteiger partial charge in [-0.2, -0.15) is 0 Å². The molecule has 3 atom stereocenters. The van der Waals surface area contributed by atoms with Gasteiger partial charge in [0.15, 0.2) is 0 Å². The topological polar surface area (TPSA) is 64.3 Å². The average molecular weight is 228 g/mol. The van der Waals surface area contributed by atoms with Crippen LogP contribution in [0.1, 0.15) is 33.6 Å². The molecule has 1 aliphatic heterocycles. The van der Waals surface area contributed by atoms with Crippen LogP contribution in [0.15, 0.2) is 0 Å². The number of amides is 1. The maximum atomic E-state index is 11.7. The van der Waals surface area contributed by atoms with Crippen molar-refractivity contribution in [2.75, 3.05) is 13.2 Å². The first-order valence-electron chi connectivity index (χ1n) is 6.14. The van der Waals surface area contributed by atoms with Crippen LogP contribution in [0.25, 0.3) is 0 Å². The zero-order valence-corrected chi connectivity index (χ0v) is 10.5. The second kappa shape index (κ2) is 6.21. The van der Waals surface area contributed by atoms with Crippen molar-refractivity contribution in [1.29, 1.82) is 0 Å². The van der Waals surface area contributed by atoms with Gasteiger partial charge in [-0.15, -0.1) is 0 Å². The van der Waals surface area contributed by atoms with E-state index in [9.17, 15) is 4.79 Å². The molecule has 0 radical (unpaired) electrons. The Hall–Kier alpha value is -0.610. The molecule has 1 aliphatic rings. The van der Waals surface area contributed by atoms with Crippen LogP contribution < -0.4 is 11.1 Å². The summed E-state index contributed by atoms with van der Waals surface area (Å²) in [6.45, 7) is 7.38. The highest BCUT2D eigenvalue weighted by molar-refractivity contribution is 5.79. The Morgan fingerprint density at radius 3 is 2.75 bits per heavy atom. The number of ether oxygens (including phenoxy) is 1. The molecule has 0 aliphatic carbocycles. The Morgan fingerprint density at radius 2 is 2.25 bits per heavy atom. The Balaban J connectivity index is 2.19. The molecule has 1 rings (SSSR count). The summed E-state index contributed by atoms with van der Waals surface area (Å²) in [6.07, 6.45) is 1.98. The SMILES string of the molecule is CC(C)CC(N)CNC(=O)C1COC(C)C1. The molecule has 0 aromatic heterocycles. The van der Waals surface area contributed by atoms with Gasteiger partial charge in [-0.1, -0.05) is 13.8 Å². The number of carbonyl (C=O) groups excluding carboxylic acids is 1. The average Bonchev–Trinajstić information content (AvgIpc) is 2.60. The van der Waals surface area contributed by atoms with Crippen molar-refractivity contribution in [1.82, 2.24) is 5.32 Å². The number of hydrogen-bond donors (Lipinski definition) is 2. The van der Waals surface area contributed by atoms with E-state index in [1.54, 1.807) is 0 Å². The third-order valence-corrected chi connectivity index (χ3v) is 2.88. The van der Waals surface area contributed by atoms with Crippen molar-refractivity contribution in [2.24, 2.45) is 17.6 Å². The summed E-state index contributed by atoms with van der Waals surface area (Å²) in [5, 5.41) is 2.91. The van der Waals surface area contributed by atoms with Gasteiger partial charge in [0.25, 0.3) is 0 Å². The van der Waals surface area contributed by atoms with E-state index in [0.717, 1.165) is 12.8 Å². The molecule has 94 valence electrons. The van der Waals surface area contributed by atoms with Gasteiger partial charge in [-0.3, -0.25) is 4.79 Å². The van der Waals surface area contributed by atoms with Crippen LogP contribution in [0.5, 0.6) is 0 Å². The van der Waals surface area contributed by atoms with E-state index < -0.39 is 0 Å². The van der Waals surface area contributed by atoms with Crippen molar-refractivity contribution >= 4 is 5.91 Å². The van der Waals surface area contributed by atoms with E-state index in [0.29, 0.717) is 19.1 Å². The van der Waals surface area contributed by atoms with E-state index in [4.69, 9.17) is 10.5 Å². The molecule has 16 heavy (non-hydrogen) atoms. The van der Waals surface area contributed by atoms with Crippen LogP contribution in [0.2, 0.25) is 0 Å². The van der Waals surface area contributed by atoms with Crippen LogP contribution >= 0.6 is 0 Å². The van der Waals surface area contributed by atoms with Gasteiger partial charge in [0.1, 0.15) is 0 Å². The lowest BCUT2D eigenvalue weighted by Crippen LogP contribution is -2.40. The zero-order valence-electron chi connectivity index (χ0n) is 10.5. The number of rotatable bonds is 5. The molecule has 0 bridgehead atoms. The molecular weight excluding hydrogens is 204 g/mol. The molecule has 3 N–H and O–H groups in total. The van der Waals surface area contributed by atoms with E-state index in [-0.39, 0.29) is 24.0 Å². The van der Waals surface area contributed by atoms with Gasteiger partial charge in [0.2, 0.25) is 5.91 Å². The number of hydrogen-bond acceptors (Lipinski definition) is 3.